The van der Waals surface area contributed by atoms with Crippen LogP contribution in [0.2, 0.25) is 0 Å². The summed E-state index contributed by atoms with van der Waals surface area (Å²) in [7, 11) is 0. The van der Waals surface area contributed by atoms with Crippen LogP contribution in [0.15, 0.2) is 36.5 Å². The topological polar surface area (TPSA) is 78.9 Å². The number of hydrogen-bond donors (Lipinski definition) is 0. The van der Waals surface area contributed by atoms with Crippen LogP contribution < -0.4 is 0 Å². The number of rotatable bonds is 3. The zero-order chi connectivity index (χ0) is 39.2. The minimum Gasteiger partial charge on any atom is -0.463 e. The monoisotopic (exact) mass is 757 g/mol. The van der Waals surface area contributed by atoms with Crippen molar-refractivity contribution in [1.29, 1.82) is 0 Å². The number of carbonyl (C=O) groups is 3. The average molecular weight is 757 g/mol. The Hall–Kier alpha value is -2.37. The van der Waals surface area contributed by atoms with E-state index in [4.69, 9.17) is 14.2 Å². The van der Waals surface area contributed by atoms with Gasteiger partial charge in [0.2, 0.25) is 0 Å². The Kier molecular flexibility index (Phi) is 34.5. The van der Waals surface area contributed by atoms with E-state index in [0.717, 1.165) is 103 Å². The van der Waals surface area contributed by atoms with Gasteiger partial charge in [0.1, 0.15) is 12.2 Å². The van der Waals surface area contributed by atoms with Crippen molar-refractivity contribution in [2.75, 3.05) is 0 Å². The number of ether oxygens (including phenoxy) is 3. The van der Waals surface area contributed by atoms with Gasteiger partial charge in [0, 0.05) is 19.3 Å². The van der Waals surface area contributed by atoms with Gasteiger partial charge in [0.15, 0.2) is 0 Å². The predicted molar refractivity (Wildman–Crippen MR) is 226 cm³/mol. The highest BCUT2D eigenvalue weighted by Gasteiger charge is 2.14. The van der Waals surface area contributed by atoms with E-state index >= 15 is 0 Å². The molecule has 312 valence electrons. The molecule has 3 aliphatic heterocycles. The molecule has 6 nitrogen and oxygen atoms in total. The van der Waals surface area contributed by atoms with E-state index in [0.29, 0.717) is 19.3 Å². The van der Waals surface area contributed by atoms with Crippen molar-refractivity contribution < 1.29 is 28.6 Å². The third-order valence-electron chi connectivity index (χ3n) is 10.5. The summed E-state index contributed by atoms with van der Waals surface area (Å²) < 4.78 is 16.5. The zero-order valence-electron chi connectivity index (χ0n) is 35.5. The molecule has 0 amide bonds. The summed E-state index contributed by atoms with van der Waals surface area (Å²) in [6.07, 6.45) is 50.4. The van der Waals surface area contributed by atoms with Crippen LogP contribution in [0.3, 0.4) is 0 Å². The molecule has 3 atom stereocenters. The van der Waals surface area contributed by atoms with Crippen molar-refractivity contribution in [3.8, 4) is 0 Å². The molecule has 0 fully saturated rings. The minimum atomic E-state index is -0.00510. The summed E-state index contributed by atoms with van der Waals surface area (Å²) >= 11 is 0. The lowest BCUT2D eigenvalue weighted by molar-refractivity contribution is -0.150. The molecule has 3 heterocycles. The van der Waals surface area contributed by atoms with E-state index in [-0.39, 0.29) is 36.2 Å². The second kappa shape index (κ2) is 37.5. The molecule has 0 spiro atoms. The second-order valence-corrected chi connectivity index (χ2v) is 15.8. The first-order valence-electron chi connectivity index (χ1n) is 23.0. The molecule has 0 aromatic heterocycles. The summed E-state index contributed by atoms with van der Waals surface area (Å²) in [5.41, 5.74) is 0. The molecule has 0 saturated heterocycles. The Morgan fingerprint density at radius 1 is 0.426 bits per heavy atom. The molecule has 0 radical (unpaired) electrons. The SMILES string of the molecule is CC1CCCC/C=C\CCCCCCCC(=O)O1.CCC1CCC/C=C\CCCCCCCC(=O)O1.CCCC1CC/C=C\CCCCCCCC(=O)O1. The highest BCUT2D eigenvalue weighted by atomic mass is 16.5. The molecule has 6 heteroatoms. The Bertz CT molecular complexity index is 984. The molecule has 0 aromatic rings. The van der Waals surface area contributed by atoms with Gasteiger partial charge in [-0.2, -0.15) is 0 Å². The van der Waals surface area contributed by atoms with E-state index in [2.05, 4.69) is 50.3 Å². The maximum Gasteiger partial charge on any atom is 0.306 e. The summed E-state index contributed by atoms with van der Waals surface area (Å²) in [6.45, 7) is 6.26. The predicted octanol–water partition coefficient (Wildman–Crippen LogP) is 14.3. The molecule has 0 saturated carbocycles. The molecule has 0 N–H and O–H groups in total. The normalized spacial score (nSPS) is 26.7. The number of esters is 3. The van der Waals surface area contributed by atoms with Crippen LogP contribution in [0.25, 0.3) is 0 Å². The molecule has 3 aliphatic rings. The van der Waals surface area contributed by atoms with Crippen molar-refractivity contribution in [3.63, 3.8) is 0 Å². The quantitative estimate of drug-likeness (QED) is 0.162. The van der Waals surface area contributed by atoms with Crippen LogP contribution in [0.5, 0.6) is 0 Å². The van der Waals surface area contributed by atoms with Crippen LogP contribution in [0.4, 0.5) is 0 Å². The van der Waals surface area contributed by atoms with Gasteiger partial charge in [-0.3, -0.25) is 14.4 Å². The van der Waals surface area contributed by atoms with Crippen molar-refractivity contribution in [2.24, 2.45) is 0 Å². The van der Waals surface area contributed by atoms with Crippen LogP contribution in [0, 0.1) is 0 Å². The van der Waals surface area contributed by atoms with E-state index < -0.39 is 0 Å². The van der Waals surface area contributed by atoms with Crippen molar-refractivity contribution in [2.45, 2.75) is 251 Å². The molecule has 0 aliphatic carbocycles. The van der Waals surface area contributed by atoms with Gasteiger partial charge >= 0.3 is 17.9 Å². The first-order chi connectivity index (χ1) is 26.4. The first kappa shape index (κ1) is 49.6. The highest BCUT2D eigenvalue weighted by Crippen LogP contribution is 2.17. The van der Waals surface area contributed by atoms with Crippen LogP contribution >= 0.6 is 0 Å². The molecular weight excluding hydrogens is 673 g/mol. The maximum absolute atomic E-state index is 11.7. The maximum atomic E-state index is 11.7. The number of carbonyl (C=O) groups excluding carboxylic acids is 3. The van der Waals surface area contributed by atoms with Crippen LogP contribution in [-0.2, 0) is 28.6 Å². The summed E-state index contributed by atoms with van der Waals surface area (Å²) in [5, 5.41) is 0. The lowest BCUT2D eigenvalue weighted by Crippen LogP contribution is -2.17. The molecule has 0 bridgehead atoms. The van der Waals surface area contributed by atoms with Crippen LogP contribution in [-0.4, -0.2) is 36.2 Å². The van der Waals surface area contributed by atoms with Gasteiger partial charge < -0.3 is 14.2 Å². The van der Waals surface area contributed by atoms with Crippen molar-refractivity contribution >= 4 is 17.9 Å². The van der Waals surface area contributed by atoms with Gasteiger partial charge in [0.25, 0.3) is 0 Å². The van der Waals surface area contributed by atoms with Gasteiger partial charge in [-0.1, -0.05) is 115 Å². The van der Waals surface area contributed by atoms with Gasteiger partial charge in [-0.25, -0.2) is 0 Å². The summed E-state index contributed by atoms with van der Waals surface area (Å²) in [6, 6.07) is 0. The van der Waals surface area contributed by atoms with Crippen molar-refractivity contribution in [1.82, 2.24) is 0 Å². The number of hydrogen-bond acceptors (Lipinski definition) is 6. The van der Waals surface area contributed by atoms with E-state index in [9.17, 15) is 14.4 Å². The minimum absolute atomic E-state index is 0.00510. The smallest absolute Gasteiger partial charge is 0.306 e. The lowest BCUT2D eigenvalue weighted by Gasteiger charge is -2.16. The average Bonchev–Trinajstić information content (AvgIpc) is 3.16. The Labute approximate surface area is 333 Å². The van der Waals surface area contributed by atoms with E-state index in [1.54, 1.807) is 0 Å². The first-order valence-corrected chi connectivity index (χ1v) is 23.0. The summed E-state index contributed by atoms with van der Waals surface area (Å²) in [4.78, 5) is 34.9. The Balaban J connectivity index is 0.000000405. The van der Waals surface area contributed by atoms with Gasteiger partial charge in [-0.05, 0) is 135 Å². The Morgan fingerprint density at radius 2 is 0.815 bits per heavy atom. The van der Waals surface area contributed by atoms with Crippen molar-refractivity contribution in [3.05, 3.63) is 36.5 Å². The standard InChI is InChI=1S/3C16H28O2/c1-15-13-11-9-7-5-3-2-4-6-8-10-12-14-16(17)18-15;1-2-15-13-11-9-7-5-3-4-6-8-10-12-14-16(17)18-15;1-2-12-15-13-10-8-6-4-3-5-7-9-11-14-16(17)18-15/h3,5,15H,2,4,6-14H2,1H3;5,7,15H,2-4,6,8-14H2,1H3;6,8,15H,2-5,7,9-14H2,1H3/b5-3-;7-5-;8-6-. The lowest BCUT2D eigenvalue weighted by atomic mass is 10.1. The third-order valence-corrected chi connectivity index (χ3v) is 10.5. The Morgan fingerprint density at radius 3 is 1.30 bits per heavy atom. The fourth-order valence-corrected chi connectivity index (χ4v) is 7.09. The molecular formula is C48H84O6. The zero-order valence-corrected chi connectivity index (χ0v) is 35.5. The third kappa shape index (κ3) is 33.0. The van der Waals surface area contributed by atoms with Gasteiger partial charge in [-0.15, -0.1) is 0 Å². The molecule has 0 aromatic carbocycles. The molecule has 54 heavy (non-hydrogen) atoms. The van der Waals surface area contributed by atoms with Crippen LogP contribution in [0.1, 0.15) is 233 Å². The number of cyclic esters (lactones) is 3. The fourth-order valence-electron chi connectivity index (χ4n) is 7.09. The van der Waals surface area contributed by atoms with E-state index in [1.165, 1.54) is 89.9 Å². The second-order valence-electron chi connectivity index (χ2n) is 15.8. The number of allylic oxidation sites excluding steroid dienone is 6. The van der Waals surface area contributed by atoms with Gasteiger partial charge in [0.05, 0.1) is 6.10 Å². The summed E-state index contributed by atoms with van der Waals surface area (Å²) in [5.74, 6) is 0.0104. The molecule has 3 unspecified atom stereocenters. The highest BCUT2D eigenvalue weighted by molar-refractivity contribution is 5.70. The largest absolute Gasteiger partial charge is 0.463 e. The molecule has 3 rings (SSSR count). The fraction of sp³-hybridized carbons (Fsp3) is 0.812. The van der Waals surface area contributed by atoms with E-state index in [1.807, 2.05) is 6.92 Å².